The maximum Gasteiger partial charge on any atom is 0.257 e. The highest BCUT2D eigenvalue weighted by molar-refractivity contribution is 7.96. The highest BCUT2D eigenvalue weighted by atomic mass is 32.2. The van der Waals surface area contributed by atoms with Crippen LogP contribution < -0.4 is 4.72 Å². The SMILES string of the molecule is CC(=Cc1ccc(O)cc1)S(=O)(=O)Nc1ccnc2ccccc12. The molecule has 0 atom stereocenters. The van der Waals surface area contributed by atoms with Crippen molar-refractivity contribution in [1.82, 2.24) is 4.98 Å². The zero-order valence-electron chi connectivity index (χ0n) is 13.0. The van der Waals surface area contributed by atoms with Gasteiger partial charge in [-0.3, -0.25) is 9.71 Å². The monoisotopic (exact) mass is 340 g/mol. The molecule has 0 unspecified atom stereocenters. The Labute approximate surface area is 140 Å². The van der Waals surface area contributed by atoms with Crippen molar-refractivity contribution in [3.63, 3.8) is 0 Å². The normalized spacial score (nSPS) is 12.3. The second kappa shape index (κ2) is 6.33. The average molecular weight is 340 g/mol. The van der Waals surface area contributed by atoms with Crippen LogP contribution in [0.3, 0.4) is 0 Å². The van der Waals surface area contributed by atoms with Crippen LogP contribution >= 0.6 is 0 Å². The zero-order chi connectivity index (χ0) is 17.2. The molecule has 2 aromatic carbocycles. The van der Waals surface area contributed by atoms with E-state index in [4.69, 9.17) is 0 Å². The second-order valence-corrected chi connectivity index (χ2v) is 7.18. The van der Waals surface area contributed by atoms with E-state index in [1.54, 1.807) is 30.5 Å². The van der Waals surface area contributed by atoms with Crippen LogP contribution in [0.2, 0.25) is 0 Å². The van der Waals surface area contributed by atoms with Crippen molar-refractivity contribution in [3.8, 4) is 5.75 Å². The number of allylic oxidation sites excluding steroid dienone is 1. The molecule has 0 saturated heterocycles. The lowest BCUT2D eigenvalue weighted by Gasteiger charge is -2.10. The van der Waals surface area contributed by atoms with Gasteiger partial charge in [0.25, 0.3) is 10.0 Å². The smallest absolute Gasteiger partial charge is 0.257 e. The fraction of sp³-hybridized carbons (Fsp3) is 0.0556. The minimum Gasteiger partial charge on any atom is -0.508 e. The molecule has 1 heterocycles. The Hall–Kier alpha value is -2.86. The Morgan fingerprint density at radius 2 is 1.79 bits per heavy atom. The number of benzene rings is 2. The summed E-state index contributed by atoms with van der Waals surface area (Å²) in [6, 6.07) is 15.3. The van der Waals surface area contributed by atoms with Gasteiger partial charge in [0.2, 0.25) is 0 Å². The zero-order valence-corrected chi connectivity index (χ0v) is 13.8. The van der Waals surface area contributed by atoms with Gasteiger partial charge >= 0.3 is 0 Å². The van der Waals surface area contributed by atoms with Gasteiger partial charge in [-0.25, -0.2) is 8.42 Å². The molecule has 5 nitrogen and oxygen atoms in total. The number of para-hydroxylation sites is 1. The van der Waals surface area contributed by atoms with Crippen molar-refractivity contribution in [3.05, 3.63) is 71.3 Å². The molecule has 122 valence electrons. The summed E-state index contributed by atoms with van der Waals surface area (Å²) in [6.45, 7) is 1.53. The first-order chi connectivity index (χ1) is 11.5. The molecular weight excluding hydrogens is 324 g/mol. The molecule has 0 amide bonds. The van der Waals surface area contributed by atoms with Gasteiger partial charge in [0.1, 0.15) is 5.75 Å². The average Bonchev–Trinajstić information content (AvgIpc) is 2.57. The summed E-state index contributed by atoms with van der Waals surface area (Å²) in [5, 5.41) is 10.0. The number of hydrogen-bond acceptors (Lipinski definition) is 4. The number of phenolic OH excluding ortho intramolecular Hbond substituents is 1. The topological polar surface area (TPSA) is 79.3 Å². The van der Waals surface area contributed by atoms with Gasteiger partial charge in [0, 0.05) is 11.6 Å². The van der Waals surface area contributed by atoms with Gasteiger partial charge in [-0.2, -0.15) is 0 Å². The summed E-state index contributed by atoms with van der Waals surface area (Å²) in [5.41, 5.74) is 1.90. The van der Waals surface area contributed by atoms with Crippen molar-refractivity contribution < 1.29 is 13.5 Å². The highest BCUT2D eigenvalue weighted by Crippen LogP contribution is 2.24. The van der Waals surface area contributed by atoms with E-state index in [1.807, 2.05) is 24.3 Å². The molecule has 6 heteroatoms. The Bertz CT molecular complexity index is 1000. The van der Waals surface area contributed by atoms with Crippen molar-refractivity contribution in [2.24, 2.45) is 0 Å². The minimum atomic E-state index is -3.69. The maximum absolute atomic E-state index is 12.6. The van der Waals surface area contributed by atoms with Crippen LogP contribution in [0.1, 0.15) is 12.5 Å². The van der Waals surface area contributed by atoms with Gasteiger partial charge in [-0.05, 0) is 42.8 Å². The van der Waals surface area contributed by atoms with E-state index in [0.717, 1.165) is 10.9 Å². The molecule has 0 aliphatic rings. The van der Waals surface area contributed by atoms with Gasteiger partial charge < -0.3 is 5.11 Å². The third kappa shape index (κ3) is 3.38. The molecule has 1 aromatic heterocycles. The molecule has 24 heavy (non-hydrogen) atoms. The van der Waals surface area contributed by atoms with Crippen LogP contribution in [0.15, 0.2) is 65.7 Å². The summed E-state index contributed by atoms with van der Waals surface area (Å²) in [5.74, 6) is 0.133. The molecule has 0 aliphatic heterocycles. The van der Waals surface area contributed by atoms with Crippen LogP contribution in [0.5, 0.6) is 5.75 Å². The summed E-state index contributed by atoms with van der Waals surface area (Å²) in [7, 11) is -3.69. The molecule has 0 spiro atoms. The van der Waals surface area contributed by atoms with E-state index < -0.39 is 10.0 Å². The number of nitrogens with one attached hydrogen (secondary N) is 1. The number of aromatic hydroxyl groups is 1. The summed E-state index contributed by atoms with van der Waals surface area (Å²) in [4.78, 5) is 4.39. The molecule has 3 rings (SSSR count). The third-order valence-electron chi connectivity index (χ3n) is 3.58. The predicted molar refractivity (Wildman–Crippen MR) is 96.0 cm³/mol. The van der Waals surface area contributed by atoms with E-state index in [2.05, 4.69) is 9.71 Å². The Balaban J connectivity index is 1.94. The Morgan fingerprint density at radius 3 is 2.54 bits per heavy atom. The standard InChI is InChI=1S/C18H16N2O3S/c1-13(12-14-6-8-15(21)9-7-14)24(22,23)20-18-10-11-19-17-5-3-2-4-16(17)18/h2-12,21H,1H3,(H,19,20). The van der Waals surface area contributed by atoms with Crippen LogP contribution in [-0.4, -0.2) is 18.5 Å². The number of sulfonamides is 1. The summed E-state index contributed by atoms with van der Waals surface area (Å²) >= 11 is 0. The van der Waals surface area contributed by atoms with Gasteiger partial charge in [0.15, 0.2) is 0 Å². The van der Waals surface area contributed by atoms with E-state index in [9.17, 15) is 13.5 Å². The first-order valence-electron chi connectivity index (χ1n) is 7.30. The summed E-state index contributed by atoms with van der Waals surface area (Å²) in [6.07, 6.45) is 3.12. The molecule has 0 fully saturated rings. The van der Waals surface area contributed by atoms with Crippen molar-refractivity contribution in [2.45, 2.75) is 6.92 Å². The Kier molecular flexibility index (Phi) is 4.22. The second-order valence-electron chi connectivity index (χ2n) is 5.33. The van der Waals surface area contributed by atoms with Crippen LogP contribution in [0.4, 0.5) is 5.69 Å². The van der Waals surface area contributed by atoms with Gasteiger partial charge in [0.05, 0.1) is 16.1 Å². The van der Waals surface area contributed by atoms with Crippen molar-refractivity contribution in [1.29, 1.82) is 0 Å². The first-order valence-corrected chi connectivity index (χ1v) is 8.78. The van der Waals surface area contributed by atoms with Crippen molar-refractivity contribution in [2.75, 3.05) is 4.72 Å². The summed E-state index contributed by atoms with van der Waals surface area (Å²) < 4.78 is 27.7. The van der Waals surface area contributed by atoms with E-state index >= 15 is 0 Å². The van der Waals surface area contributed by atoms with E-state index in [0.29, 0.717) is 11.3 Å². The molecular formula is C18H16N2O3S. The lowest BCUT2D eigenvalue weighted by Crippen LogP contribution is -2.13. The molecule has 0 radical (unpaired) electrons. The van der Waals surface area contributed by atoms with E-state index in [1.165, 1.54) is 19.1 Å². The molecule has 3 aromatic rings. The molecule has 2 N–H and O–H groups in total. The molecule has 0 aliphatic carbocycles. The van der Waals surface area contributed by atoms with E-state index in [-0.39, 0.29) is 10.7 Å². The first kappa shape index (κ1) is 16.0. The third-order valence-corrected chi connectivity index (χ3v) is 5.03. The molecule has 0 saturated carbocycles. The number of fused-ring (bicyclic) bond motifs is 1. The minimum absolute atomic E-state index is 0.133. The predicted octanol–water partition coefficient (Wildman–Crippen LogP) is 3.74. The van der Waals surface area contributed by atoms with Gasteiger partial charge in [-0.1, -0.05) is 30.3 Å². The Morgan fingerprint density at radius 1 is 1.08 bits per heavy atom. The number of anilines is 1. The van der Waals surface area contributed by atoms with Gasteiger partial charge in [-0.15, -0.1) is 0 Å². The number of pyridine rings is 1. The number of phenols is 1. The maximum atomic E-state index is 12.6. The largest absolute Gasteiger partial charge is 0.508 e. The van der Waals surface area contributed by atoms with Crippen LogP contribution in [-0.2, 0) is 10.0 Å². The fourth-order valence-corrected chi connectivity index (χ4v) is 3.21. The fourth-order valence-electron chi connectivity index (χ4n) is 2.29. The van der Waals surface area contributed by atoms with Crippen LogP contribution in [0, 0.1) is 0 Å². The lowest BCUT2D eigenvalue weighted by atomic mass is 10.2. The quantitative estimate of drug-likeness (QED) is 0.758. The number of rotatable bonds is 4. The number of hydrogen-bond donors (Lipinski definition) is 2. The van der Waals surface area contributed by atoms with Crippen molar-refractivity contribution >= 4 is 32.7 Å². The van der Waals surface area contributed by atoms with Crippen LogP contribution in [0.25, 0.3) is 17.0 Å². The lowest BCUT2D eigenvalue weighted by molar-refractivity contribution is 0.475. The highest BCUT2D eigenvalue weighted by Gasteiger charge is 2.15. The molecule has 0 bridgehead atoms. The number of nitrogens with zero attached hydrogens (tertiary/aromatic N) is 1. The number of aromatic nitrogens is 1.